The number of nitrogens with two attached hydrogens (primary N) is 1. The lowest BCUT2D eigenvalue weighted by Crippen LogP contribution is -2.09. The van der Waals surface area contributed by atoms with Crippen LogP contribution in [0.2, 0.25) is 0 Å². The van der Waals surface area contributed by atoms with Crippen molar-refractivity contribution in [2.45, 2.75) is 13.5 Å². The van der Waals surface area contributed by atoms with Crippen LogP contribution in [-0.2, 0) is 18.4 Å². The number of aromatic nitrogens is 2. The highest BCUT2D eigenvalue weighted by Crippen LogP contribution is 2.21. The Balaban J connectivity index is 2.12. The Labute approximate surface area is 123 Å². The lowest BCUT2D eigenvalue weighted by Gasteiger charge is -2.06. The molecule has 0 aliphatic carbocycles. The monoisotopic (exact) mass is 341 g/mol. The Morgan fingerprint density at radius 2 is 2.20 bits per heavy atom. The SMILES string of the molecule is Cc1nn(C)c(COC(=O)c2cc(N)cc(F)c2)c1Br. The van der Waals surface area contributed by atoms with E-state index in [2.05, 4.69) is 21.0 Å². The summed E-state index contributed by atoms with van der Waals surface area (Å²) in [6.07, 6.45) is 0. The number of rotatable bonds is 3. The van der Waals surface area contributed by atoms with Gasteiger partial charge in [-0.3, -0.25) is 4.68 Å². The molecule has 0 unspecified atom stereocenters. The molecule has 2 aromatic rings. The summed E-state index contributed by atoms with van der Waals surface area (Å²) >= 11 is 3.38. The standard InChI is InChI=1S/C13H13BrFN3O2/c1-7-12(14)11(18(2)17-7)6-20-13(19)8-3-9(15)5-10(16)4-8/h3-5H,6,16H2,1-2H3. The molecule has 7 heteroatoms. The van der Waals surface area contributed by atoms with E-state index in [0.29, 0.717) is 0 Å². The zero-order valence-corrected chi connectivity index (χ0v) is 12.6. The van der Waals surface area contributed by atoms with Crippen molar-refractivity contribution in [3.63, 3.8) is 0 Å². The van der Waals surface area contributed by atoms with Crippen LogP contribution >= 0.6 is 15.9 Å². The number of halogens is 2. The van der Waals surface area contributed by atoms with E-state index < -0.39 is 11.8 Å². The molecular weight excluding hydrogens is 329 g/mol. The zero-order chi connectivity index (χ0) is 14.9. The quantitative estimate of drug-likeness (QED) is 0.688. The maximum Gasteiger partial charge on any atom is 0.338 e. The average Bonchev–Trinajstić information content (AvgIpc) is 2.60. The molecular formula is C13H13BrFN3O2. The van der Waals surface area contributed by atoms with Crippen molar-refractivity contribution in [2.24, 2.45) is 7.05 Å². The van der Waals surface area contributed by atoms with Gasteiger partial charge in [0.1, 0.15) is 12.4 Å². The van der Waals surface area contributed by atoms with Crippen molar-refractivity contribution in [1.82, 2.24) is 9.78 Å². The molecule has 0 saturated carbocycles. The highest BCUT2D eigenvalue weighted by atomic mass is 79.9. The summed E-state index contributed by atoms with van der Waals surface area (Å²) in [6, 6.07) is 3.59. The summed E-state index contributed by atoms with van der Waals surface area (Å²) in [5.41, 5.74) is 7.27. The van der Waals surface area contributed by atoms with Gasteiger partial charge in [-0.15, -0.1) is 0 Å². The van der Waals surface area contributed by atoms with Gasteiger partial charge in [0, 0.05) is 12.7 Å². The van der Waals surface area contributed by atoms with E-state index in [1.54, 1.807) is 11.7 Å². The number of hydrogen-bond acceptors (Lipinski definition) is 4. The topological polar surface area (TPSA) is 70.1 Å². The van der Waals surface area contributed by atoms with Crippen LogP contribution in [0.5, 0.6) is 0 Å². The number of anilines is 1. The first-order chi connectivity index (χ1) is 9.38. The normalized spacial score (nSPS) is 10.6. The number of carbonyl (C=O) groups excluding carboxylic acids is 1. The third-order valence-electron chi connectivity index (χ3n) is 2.76. The van der Waals surface area contributed by atoms with Gasteiger partial charge in [-0.25, -0.2) is 9.18 Å². The highest BCUT2D eigenvalue weighted by Gasteiger charge is 2.14. The van der Waals surface area contributed by atoms with Crippen LogP contribution in [0.1, 0.15) is 21.7 Å². The van der Waals surface area contributed by atoms with Gasteiger partial charge >= 0.3 is 5.97 Å². The second kappa shape index (κ2) is 5.62. The van der Waals surface area contributed by atoms with Gasteiger partial charge in [-0.1, -0.05) is 0 Å². The molecule has 1 aromatic carbocycles. The Kier molecular flexibility index (Phi) is 4.08. The van der Waals surface area contributed by atoms with E-state index in [1.165, 1.54) is 6.07 Å². The maximum atomic E-state index is 13.2. The molecule has 1 heterocycles. The first-order valence-corrected chi connectivity index (χ1v) is 6.59. The molecule has 5 nitrogen and oxygen atoms in total. The van der Waals surface area contributed by atoms with Gasteiger partial charge in [0.25, 0.3) is 0 Å². The Hall–Kier alpha value is -1.89. The smallest absolute Gasteiger partial charge is 0.338 e. The molecule has 0 saturated heterocycles. The van der Waals surface area contributed by atoms with Crippen molar-refractivity contribution in [3.8, 4) is 0 Å². The van der Waals surface area contributed by atoms with Gasteiger partial charge in [-0.2, -0.15) is 5.10 Å². The lowest BCUT2D eigenvalue weighted by atomic mass is 10.2. The number of ether oxygens (including phenoxy) is 1. The number of benzene rings is 1. The van der Waals surface area contributed by atoms with Gasteiger partial charge in [-0.05, 0) is 41.1 Å². The molecule has 0 spiro atoms. The number of nitrogen functional groups attached to an aromatic ring is 1. The molecule has 0 amide bonds. The van der Waals surface area contributed by atoms with Crippen LogP contribution in [0.25, 0.3) is 0 Å². The Bertz CT molecular complexity index is 650. The van der Waals surface area contributed by atoms with Crippen LogP contribution < -0.4 is 5.73 Å². The largest absolute Gasteiger partial charge is 0.456 e. The van der Waals surface area contributed by atoms with Crippen LogP contribution in [-0.4, -0.2) is 15.7 Å². The van der Waals surface area contributed by atoms with Crippen LogP contribution in [0.15, 0.2) is 22.7 Å². The number of carbonyl (C=O) groups is 1. The summed E-state index contributed by atoms with van der Waals surface area (Å²) in [6.45, 7) is 1.87. The Morgan fingerprint density at radius 3 is 2.75 bits per heavy atom. The average molecular weight is 342 g/mol. The van der Waals surface area contributed by atoms with Crippen molar-refractivity contribution in [2.75, 3.05) is 5.73 Å². The van der Waals surface area contributed by atoms with Gasteiger partial charge < -0.3 is 10.5 Å². The molecule has 106 valence electrons. The summed E-state index contributed by atoms with van der Waals surface area (Å²) < 4.78 is 20.7. The Morgan fingerprint density at radius 1 is 1.50 bits per heavy atom. The molecule has 2 N–H and O–H groups in total. The van der Waals surface area contributed by atoms with Crippen LogP contribution in [0.3, 0.4) is 0 Å². The molecule has 20 heavy (non-hydrogen) atoms. The third-order valence-corrected chi connectivity index (χ3v) is 3.79. The predicted molar refractivity (Wildman–Crippen MR) is 75.6 cm³/mol. The second-order valence-electron chi connectivity index (χ2n) is 4.32. The molecule has 0 bridgehead atoms. The van der Waals surface area contributed by atoms with Gasteiger partial charge in [0.05, 0.1) is 21.4 Å². The van der Waals surface area contributed by atoms with E-state index in [1.807, 2.05) is 6.92 Å². The maximum absolute atomic E-state index is 13.2. The van der Waals surface area contributed by atoms with E-state index in [4.69, 9.17) is 10.5 Å². The third kappa shape index (κ3) is 2.98. The highest BCUT2D eigenvalue weighted by molar-refractivity contribution is 9.10. The molecule has 0 aliphatic rings. The van der Waals surface area contributed by atoms with Crippen molar-refractivity contribution in [1.29, 1.82) is 0 Å². The minimum absolute atomic E-state index is 0.0349. The van der Waals surface area contributed by atoms with Crippen LogP contribution in [0, 0.1) is 12.7 Å². The lowest BCUT2D eigenvalue weighted by molar-refractivity contribution is 0.0462. The summed E-state index contributed by atoms with van der Waals surface area (Å²) in [5, 5.41) is 4.19. The predicted octanol–water partition coefficient (Wildman–Crippen LogP) is 2.57. The molecule has 2 rings (SSSR count). The summed E-state index contributed by atoms with van der Waals surface area (Å²) in [7, 11) is 1.75. The first kappa shape index (κ1) is 14.5. The van der Waals surface area contributed by atoms with E-state index >= 15 is 0 Å². The van der Waals surface area contributed by atoms with Crippen molar-refractivity contribution >= 4 is 27.6 Å². The number of nitrogens with zero attached hydrogens (tertiary/aromatic N) is 2. The first-order valence-electron chi connectivity index (χ1n) is 5.79. The number of aryl methyl sites for hydroxylation is 2. The summed E-state index contributed by atoms with van der Waals surface area (Å²) in [5.74, 6) is -1.21. The second-order valence-corrected chi connectivity index (χ2v) is 5.11. The van der Waals surface area contributed by atoms with Gasteiger partial charge in [0.15, 0.2) is 0 Å². The fourth-order valence-corrected chi connectivity index (χ4v) is 2.23. The fraction of sp³-hybridized carbons (Fsp3) is 0.231. The summed E-state index contributed by atoms with van der Waals surface area (Å²) in [4.78, 5) is 11.9. The van der Waals surface area contributed by atoms with E-state index in [9.17, 15) is 9.18 Å². The fourth-order valence-electron chi connectivity index (χ4n) is 1.78. The van der Waals surface area contributed by atoms with Crippen LogP contribution in [0.4, 0.5) is 10.1 Å². The minimum atomic E-state index is -0.637. The number of hydrogen-bond donors (Lipinski definition) is 1. The van der Waals surface area contributed by atoms with E-state index in [0.717, 1.165) is 28.0 Å². The van der Waals surface area contributed by atoms with Crippen molar-refractivity contribution in [3.05, 3.63) is 45.4 Å². The number of esters is 1. The molecule has 0 radical (unpaired) electrons. The molecule has 1 aromatic heterocycles. The van der Waals surface area contributed by atoms with E-state index in [-0.39, 0.29) is 17.9 Å². The minimum Gasteiger partial charge on any atom is -0.456 e. The molecule has 0 atom stereocenters. The molecule has 0 fully saturated rings. The van der Waals surface area contributed by atoms with Gasteiger partial charge in [0.2, 0.25) is 0 Å². The van der Waals surface area contributed by atoms with Crippen molar-refractivity contribution < 1.29 is 13.9 Å². The molecule has 0 aliphatic heterocycles. The zero-order valence-electron chi connectivity index (χ0n) is 11.0.